The van der Waals surface area contributed by atoms with E-state index < -0.39 is 0 Å². The maximum absolute atomic E-state index is 13.1. The Morgan fingerprint density at radius 3 is 2.30 bits per heavy atom. The van der Waals surface area contributed by atoms with E-state index in [1.54, 1.807) is 12.1 Å². The summed E-state index contributed by atoms with van der Waals surface area (Å²) >= 11 is 0. The summed E-state index contributed by atoms with van der Waals surface area (Å²) in [6, 6.07) is 6.00. The number of carbonyl (C=O) groups is 1. The van der Waals surface area contributed by atoms with E-state index in [1.807, 2.05) is 0 Å². The third kappa shape index (κ3) is 6.23. The summed E-state index contributed by atoms with van der Waals surface area (Å²) < 4.78 is 13.1. The van der Waals surface area contributed by atoms with Crippen LogP contribution in [0.4, 0.5) is 4.39 Å². The van der Waals surface area contributed by atoms with Gasteiger partial charge in [-0.1, -0.05) is 39.0 Å². The number of benzene rings is 1. The van der Waals surface area contributed by atoms with Crippen molar-refractivity contribution >= 4 is 18.2 Å². The van der Waals surface area contributed by atoms with Gasteiger partial charge in [0.2, 0.25) is 0 Å². The number of hydrogen-bond donors (Lipinski definition) is 0. The lowest BCUT2D eigenvalue weighted by molar-refractivity contribution is 0.0834. The van der Waals surface area contributed by atoms with Crippen LogP contribution in [0.15, 0.2) is 24.3 Å². The zero-order chi connectivity index (χ0) is 15.8. The van der Waals surface area contributed by atoms with E-state index in [4.69, 9.17) is 0 Å². The maximum atomic E-state index is 13.1. The Kier molecular flexibility index (Phi) is 9.42. The van der Waals surface area contributed by atoms with Crippen LogP contribution in [-0.2, 0) is 0 Å². The molecule has 23 heavy (non-hydrogen) atoms. The van der Waals surface area contributed by atoms with Gasteiger partial charge in [-0.25, -0.2) is 4.39 Å². The molecule has 1 aliphatic heterocycles. The molecule has 2 nitrogen and oxygen atoms in total. The molecule has 0 amide bonds. The smallest absolute Gasteiger partial charge is 0.179 e. The van der Waals surface area contributed by atoms with Gasteiger partial charge in [-0.05, 0) is 56.6 Å². The normalized spacial score (nSPS) is 16.1. The summed E-state index contributed by atoms with van der Waals surface area (Å²) in [6.45, 7) is 4.25. The molecule has 2 rings (SSSR count). The molecule has 1 fully saturated rings. The third-order valence-corrected chi connectivity index (χ3v) is 4.59. The number of nitrogens with zero attached hydrogens (tertiary/aromatic N) is 1. The second kappa shape index (κ2) is 10.8. The maximum Gasteiger partial charge on any atom is 0.179 e. The van der Waals surface area contributed by atoms with E-state index >= 15 is 0 Å². The average molecular weight is 342 g/mol. The molecular weight excluding hydrogens is 313 g/mol. The van der Waals surface area contributed by atoms with Crippen LogP contribution in [0.25, 0.3) is 0 Å². The number of rotatable bonds is 9. The van der Waals surface area contributed by atoms with Gasteiger partial charge in [-0.15, -0.1) is 12.4 Å². The van der Waals surface area contributed by atoms with Crippen LogP contribution in [0, 0.1) is 5.82 Å². The SMILES string of the molecule is CCCCCCCC(C(=O)c1ccc(F)cc1)N1CCCC1.Cl. The number of hydrogen-bond acceptors (Lipinski definition) is 2. The summed E-state index contributed by atoms with van der Waals surface area (Å²) in [5.74, 6) is -0.119. The van der Waals surface area contributed by atoms with Gasteiger partial charge in [0.15, 0.2) is 5.78 Å². The van der Waals surface area contributed by atoms with E-state index in [0.29, 0.717) is 5.56 Å². The molecule has 0 spiro atoms. The molecule has 0 radical (unpaired) electrons. The first-order chi connectivity index (χ1) is 10.7. The van der Waals surface area contributed by atoms with Gasteiger partial charge in [0.25, 0.3) is 0 Å². The zero-order valence-electron chi connectivity index (χ0n) is 14.1. The van der Waals surface area contributed by atoms with E-state index in [0.717, 1.165) is 25.9 Å². The second-order valence-corrected chi connectivity index (χ2v) is 6.33. The molecule has 0 bridgehead atoms. The molecule has 1 aromatic rings. The van der Waals surface area contributed by atoms with E-state index in [1.165, 1.54) is 50.7 Å². The number of ketones is 1. The molecule has 1 heterocycles. The van der Waals surface area contributed by atoms with Gasteiger partial charge >= 0.3 is 0 Å². The van der Waals surface area contributed by atoms with Crippen molar-refractivity contribution in [3.05, 3.63) is 35.6 Å². The first-order valence-electron chi connectivity index (χ1n) is 8.76. The first kappa shape index (κ1) is 20.1. The molecule has 1 saturated heterocycles. The van der Waals surface area contributed by atoms with Crippen molar-refractivity contribution in [2.45, 2.75) is 64.3 Å². The van der Waals surface area contributed by atoms with Crippen LogP contribution < -0.4 is 0 Å². The summed E-state index contributed by atoms with van der Waals surface area (Å²) in [5.41, 5.74) is 0.645. The average Bonchev–Trinajstić information content (AvgIpc) is 3.05. The first-order valence-corrected chi connectivity index (χ1v) is 8.76. The molecule has 1 aliphatic rings. The van der Waals surface area contributed by atoms with E-state index in [9.17, 15) is 9.18 Å². The minimum Gasteiger partial charge on any atom is -0.293 e. The van der Waals surface area contributed by atoms with E-state index in [2.05, 4.69) is 11.8 Å². The molecule has 0 aliphatic carbocycles. The summed E-state index contributed by atoms with van der Waals surface area (Å²) in [6.07, 6.45) is 9.38. The van der Waals surface area contributed by atoms with Crippen molar-refractivity contribution in [2.75, 3.05) is 13.1 Å². The van der Waals surface area contributed by atoms with Gasteiger partial charge in [-0.3, -0.25) is 9.69 Å². The Morgan fingerprint density at radius 1 is 1.09 bits per heavy atom. The predicted octanol–water partition coefficient (Wildman–Crippen LogP) is 5.26. The van der Waals surface area contributed by atoms with Crippen LogP contribution in [0.3, 0.4) is 0 Å². The Hall–Kier alpha value is -0.930. The van der Waals surface area contributed by atoms with Crippen LogP contribution in [0.2, 0.25) is 0 Å². The fourth-order valence-electron chi connectivity index (χ4n) is 3.28. The zero-order valence-corrected chi connectivity index (χ0v) is 14.9. The third-order valence-electron chi connectivity index (χ3n) is 4.59. The van der Waals surface area contributed by atoms with Gasteiger partial charge in [0.1, 0.15) is 5.82 Å². The lowest BCUT2D eigenvalue weighted by Gasteiger charge is -2.26. The number of carbonyl (C=O) groups excluding carboxylic acids is 1. The van der Waals surface area contributed by atoms with Gasteiger partial charge in [0, 0.05) is 5.56 Å². The summed E-state index contributed by atoms with van der Waals surface area (Å²) in [4.78, 5) is 15.1. The van der Waals surface area contributed by atoms with Crippen molar-refractivity contribution in [3.8, 4) is 0 Å². The highest BCUT2D eigenvalue weighted by molar-refractivity contribution is 6.00. The minimum absolute atomic E-state index is 0. The second-order valence-electron chi connectivity index (χ2n) is 6.33. The van der Waals surface area contributed by atoms with Gasteiger partial charge < -0.3 is 0 Å². The predicted molar refractivity (Wildman–Crippen MR) is 95.9 cm³/mol. The molecule has 0 N–H and O–H groups in total. The molecule has 0 saturated carbocycles. The Morgan fingerprint density at radius 2 is 1.70 bits per heavy atom. The summed E-state index contributed by atoms with van der Waals surface area (Å²) in [7, 11) is 0. The molecule has 0 aromatic heterocycles. The van der Waals surface area contributed by atoms with Gasteiger partial charge in [-0.2, -0.15) is 0 Å². The molecule has 1 atom stereocenters. The molecule has 130 valence electrons. The lowest BCUT2D eigenvalue weighted by atomic mass is 9.97. The Balaban J connectivity index is 0.00000264. The minimum atomic E-state index is -0.283. The lowest BCUT2D eigenvalue weighted by Crippen LogP contribution is -2.39. The Bertz CT molecular complexity index is 457. The van der Waals surface area contributed by atoms with Crippen LogP contribution >= 0.6 is 12.4 Å². The fraction of sp³-hybridized carbons (Fsp3) is 0.632. The highest BCUT2D eigenvalue weighted by Gasteiger charge is 2.28. The fourth-order valence-corrected chi connectivity index (χ4v) is 3.28. The van der Waals surface area contributed by atoms with Crippen LogP contribution in [-0.4, -0.2) is 29.8 Å². The summed E-state index contributed by atoms with van der Waals surface area (Å²) in [5, 5.41) is 0. The molecule has 1 unspecified atom stereocenters. The van der Waals surface area contributed by atoms with Crippen molar-refractivity contribution in [3.63, 3.8) is 0 Å². The van der Waals surface area contributed by atoms with Gasteiger partial charge in [0.05, 0.1) is 6.04 Å². The standard InChI is InChI=1S/C19H28FNO.ClH/c1-2-3-4-5-6-9-18(21-14-7-8-15-21)19(22)16-10-12-17(20)13-11-16;/h10-13,18H,2-9,14-15H2,1H3;1H. The van der Waals surface area contributed by atoms with Crippen LogP contribution in [0.5, 0.6) is 0 Å². The quantitative estimate of drug-likeness (QED) is 0.451. The van der Waals surface area contributed by atoms with Crippen molar-refractivity contribution < 1.29 is 9.18 Å². The number of Topliss-reactive ketones (excluding diaryl/α,β-unsaturated/α-hetero) is 1. The van der Waals surface area contributed by atoms with Crippen LogP contribution in [0.1, 0.15) is 68.6 Å². The van der Waals surface area contributed by atoms with Crippen molar-refractivity contribution in [2.24, 2.45) is 0 Å². The molecular formula is C19H29ClFNO. The monoisotopic (exact) mass is 341 g/mol. The molecule has 1 aromatic carbocycles. The number of halogens is 2. The topological polar surface area (TPSA) is 20.3 Å². The Labute approximate surface area is 145 Å². The highest BCUT2D eigenvalue weighted by Crippen LogP contribution is 2.21. The van der Waals surface area contributed by atoms with Crippen molar-refractivity contribution in [1.82, 2.24) is 4.90 Å². The van der Waals surface area contributed by atoms with E-state index in [-0.39, 0.29) is 30.0 Å². The number of likely N-dealkylation sites (tertiary alicyclic amines) is 1. The largest absolute Gasteiger partial charge is 0.293 e. The number of unbranched alkanes of at least 4 members (excludes halogenated alkanes) is 4. The highest BCUT2D eigenvalue weighted by atomic mass is 35.5. The van der Waals surface area contributed by atoms with Crippen molar-refractivity contribution in [1.29, 1.82) is 0 Å². The molecule has 4 heteroatoms.